The Morgan fingerprint density at radius 2 is 0.743 bits per heavy atom. The second-order valence-corrected chi connectivity index (χ2v) is 37.2. The van der Waals surface area contributed by atoms with Gasteiger partial charge in [-0.25, -0.2) is 0 Å². The van der Waals surface area contributed by atoms with Crippen molar-refractivity contribution in [3.05, 3.63) is 108 Å². The first-order chi connectivity index (χ1) is 68.2. The molecule has 18 atom stereocenters. The summed E-state index contributed by atoms with van der Waals surface area (Å²) < 4.78 is 0. The van der Waals surface area contributed by atoms with Gasteiger partial charge in [0, 0.05) is 57.6 Å². The number of aliphatic hydroxyl groups is 1. The number of benzene rings is 3. The Kier molecular flexibility index (Phi) is 46.6. The molecule has 27 N–H and O–H groups in total. The highest BCUT2D eigenvalue weighted by Crippen LogP contribution is 2.26. The van der Waals surface area contributed by atoms with Crippen LogP contribution in [0.1, 0.15) is 167 Å². The molecule has 7 rings (SSSR count). The van der Waals surface area contributed by atoms with Crippen LogP contribution in [0, 0.1) is 17.2 Å². The largest absolute Gasteiger partial charge is 0.481 e. The molecule has 4 aliphatic heterocycles. The number of amides is 19. The lowest BCUT2D eigenvalue weighted by Crippen LogP contribution is -2.62. The molecule has 0 radical (unpaired) electrons. The smallest absolute Gasteiger partial charge is 0.325 e. The lowest BCUT2D eigenvalue weighted by Gasteiger charge is -2.31. The summed E-state index contributed by atoms with van der Waals surface area (Å²) in [6, 6.07) is -3.95. The highest BCUT2D eigenvalue weighted by atomic mass is 32.1. The van der Waals surface area contributed by atoms with Gasteiger partial charge in [-0.1, -0.05) is 119 Å². The molecule has 788 valence electrons. The molecule has 144 heavy (non-hydrogen) atoms. The van der Waals surface area contributed by atoms with Gasteiger partial charge in [0.05, 0.1) is 31.9 Å². The number of thiol groups is 1. The monoisotopic (exact) mass is 2030 g/mol. The fraction of sp³-hybridized carbons (Fsp3) is 0.564. The van der Waals surface area contributed by atoms with Gasteiger partial charge in [-0.3, -0.25) is 111 Å². The number of carbonyl (C=O) groups excluding carboxylic acids is 19. The summed E-state index contributed by atoms with van der Waals surface area (Å²) in [5.41, 5.74) is 17.8. The minimum atomic E-state index is -2.12. The van der Waals surface area contributed by atoms with Crippen LogP contribution in [-0.4, -0.2) is 325 Å². The van der Waals surface area contributed by atoms with E-state index in [1.807, 2.05) is 0 Å². The van der Waals surface area contributed by atoms with Gasteiger partial charge in [0.1, 0.15) is 103 Å². The van der Waals surface area contributed by atoms with Gasteiger partial charge < -0.3 is 137 Å². The number of carbonyl (C=O) groups is 22. The highest BCUT2D eigenvalue weighted by Gasteiger charge is 2.46. The van der Waals surface area contributed by atoms with Crippen molar-refractivity contribution < 1.29 is 126 Å². The summed E-state index contributed by atoms with van der Waals surface area (Å²) in [4.78, 5) is 310. The zero-order valence-electron chi connectivity index (χ0n) is 81.1. The van der Waals surface area contributed by atoms with Gasteiger partial charge in [0.15, 0.2) is 5.96 Å². The van der Waals surface area contributed by atoms with Crippen molar-refractivity contribution in [2.24, 2.45) is 29.0 Å². The number of nitrogens with zero attached hydrogens (tertiary/aromatic N) is 3. The first-order valence-electron chi connectivity index (χ1n) is 47.8. The molecule has 3 aromatic carbocycles. The second kappa shape index (κ2) is 57.6. The average molecular weight is 2040 g/mol. The number of nitrogens with one attached hydrogen (secondary N) is 17. The molecule has 49 nitrogen and oxygen atoms in total. The molecule has 0 bridgehead atoms. The van der Waals surface area contributed by atoms with Gasteiger partial charge in [-0.2, -0.15) is 12.6 Å². The van der Waals surface area contributed by atoms with E-state index in [1.165, 1.54) is 52.8 Å². The van der Waals surface area contributed by atoms with E-state index in [0.717, 1.165) is 6.42 Å². The van der Waals surface area contributed by atoms with Crippen molar-refractivity contribution in [3.8, 4) is 0 Å². The Balaban J connectivity index is 1.05. The van der Waals surface area contributed by atoms with Crippen LogP contribution >= 0.6 is 12.6 Å². The second-order valence-electron chi connectivity index (χ2n) is 36.8. The van der Waals surface area contributed by atoms with E-state index in [4.69, 9.17) is 22.6 Å². The van der Waals surface area contributed by atoms with Crippen LogP contribution in [-0.2, 0) is 125 Å². The normalized spacial score (nSPS) is 18.3. The maximum atomic E-state index is 14.8. The number of aliphatic hydroxyl groups excluding tert-OH is 1. The molecule has 0 aliphatic carbocycles. The van der Waals surface area contributed by atoms with E-state index in [9.17, 15) is 126 Å². The fourth-order valence-corrected chi connectivity index (χ4v) is 17.2. The Labute approximate surface area is 836 Å². The van der Waals surface area contributed by atoms with Gasteiger partial charge in [0.2, 0.25) is 112 Å². The third-order valence-electron chi connectivity index (χ3n) is 24.4. The van der Waals surface area contributed by atoms with E-state index < -0.39 is 296 Å². The van der Waals surface area contributed by atoms with Gasteiger partial charge >= 0.3 is 17.9 Å². The minimum Gasteiger partial charge on any atom is -0.481 e. The lowest BCUT2D eigenvalue weighted by atomic mass is 10.00. The summed E-state index contributed by atoms with van der Waals surface area (Å²) in [7, 11) is 0. The van der Waals surface area contributed by atoms with Crippen LogP contribution in [0.4, 0.5) is 0 Å². The van der Waals surface area contributed by atoms with Crippen molar-refractivity contribution in [1.82, 2.24) is 99.8 Å². The van der Waals surface area contributed by atoms with Crippen LogP contribution in [0.3, 0.4) is 0 Å². The molecule has 0 unspecified atom stereocenters. The topological polar surface area (TPSA) is 761 Å². The number of aliphatic carboxylic acids is 3. The molecule has 3 aromatic rings. The van der Waals surface area contributed by atoms with Crippen molar-refractivity contribution >= 4 is 149 Å². The summed E-state index contributed by atoms with van der Waals surface area (Å²) in [5, 5.41) is 88.3. The molecule has 0 saturated carbocycles. The minimum absolute atomic E-state index is 0.00261. The maximum Gasteiger partial charge on any atom is 0.325 e. The van der Waals surface area contributed by atoms with E-state index in [0.29, 0.717) is 55.5 Å². The predicted molar refractivity (Wildman–Crippen MR) is 517 cm³/mol. The van der Waals surface area contributed by atoms with Gasteiger partial charge in [0.25, 0.3) is 0 Å². The third-order valence-corrected chi connectivity index (χ3v) is 24.7. The van der Waals surface area contributed by atoms with Crippen LogP contribution in [0.2, 0.25) is 0 Å². The zero-order valence-corrected chi connectivity index (χ0v) is 82.0. The van der Waals surface area contributed by atoms with Crippen molar-refractivity contribution in [3.63, 3.8) is 0 Å². The maximum absolute atomic E-state index is 14.8. The van der Waals surface area contributed by atoms with E-state index in [2.05, 4.69) is 97.7 Å². The number of primary amides is 2. The lowest BCUT2D eigenvalue weighted by molar-refractivity contribution is -0.145. The molecule has 19 amide bonds. The highest BCUT2D eigenvalue weighted by molar-refractivity contribution is 7.80. The standard InChI is InChI=1S/C94H135N23O26S/c1-49(2)39-59(106-86(135)67(47-118)113-82(131)62(43-55-25-14-9-15-26-55)108-85(134)65(46-75(123)124)110-78(127)57(32-33-72(95)119)104-88(137)70-30-20-38-117(70)92(141)68(48-144)114-89(138)71-31-19-36-115(71)90(139)58-28-17-34-99-58)79(128)109-63(44-73(96)120)83(132)107-61(42-54-23-12-8-13-24-54)80(129)111-64(45-74(121)122)84(133)103-56(27-16-35-100-94(97)98)77(126)101-51(5)76(125)105-60(41-53-21-10-7-11-22-53)81(130)112-66(40-50(3)4)91(140)116-37-18-29-69(116)87(136)102-52(6)93(142)143/h7-15,21-26,49-52,56-71,99,118,144H,16-20,27-48H2,1-6H3,(H2,95,119)(H2,96,120)(H,101,126)(H,102,136)(H,103,133)(H,104,137)(H,105,125)(H,106,135)(H,107,132)(H,108,134)(H,109,128)(H,110,127)(H,111,129)(H,112,130)(H,113,131)(H,114,138)(H,121,122)(H,123,124)(H,142,143)(H4,97,98,100)/t51-,52-,56-,57-,58-,59-,60-,61-,62-,63-,64-,65-,66-,67-,68-,69-,70-,71-/m0/s1. The quantitative estimate of drug-likeness (QED) is 0.0108. The summed E-state index contributed by atoms with van der Waals surface area (Å²) in [6.07, 6.45) is -3.16. The first-order valence-corrected chi connectivity index (χ1v) is 48.4. The Hall–Kier alpha value is -14.5. The zero-order chi connectivity index (χ0) is 106. The number of carboxylic acids is 3. The Morgan fingerprint density at radius 3 is 1.16 bits per heavy atom. The summed E-state index contributed by atoms with van der Waals surface area (Å²) >= 11 is 4.33. The molecule has 50 heteroatoms. The summed E-state index contributed by atoms with van der Waals surface area (Å²) in [6.45, 7) is 8.96. The number of carboxylic acid groups (broad SMARTS) is 3. The molecule has 4 fully saturated rings. The van der Waals surface area contributed by atoms with Crippen LogP contribution in [0.5, 0.6) is 0 Å². The van der Waals surface area contributed by atoms with E-state index in [-0.39, 0.29) is 88.6 Å². The molecule has 4 aliphatic rings. The van der Waals surface area contributed by atoms with Gasteiger partial charge in [-0.15, -0.1) is 0 Å². The van der Waals surface area contributed by atoms with Crippen LogP contribution < -0.4 is 102 Å². The molecule has 4 saturated heterocycles. The SMILES string of the molecule is CC(C)C[C@H](NC(=O)[C@H](CO)NC(=O)[C@H](Cc1ccccc1)NC(=O)[C@H](CC(=O)O)NC(=O)[C@H](CCC(N)=O)NC(=O)[C@@H]1CCCN1C(=O)[C@H](CS)NC(=O)[C@@H]1CCCN1C(=O)[C@@H]1CCCN1)C(=O)N[C@@H](CC(N)=O)C(=O)N[C@@H](Cc1ccccc1)C(=O)N[C@@H](CC(=O)O)C(=O)N[C@@H](CCCNC(=N)N)C(=O)N[C@@H](C)C(=O)N[C@@H](Cc1ccccc1)C(=O)N[C@@H](CC(C)C)C(=O)N1CCC[C@H]1C(=O)N[C@@H](C)C(=O)O. The molecule has 0 spiro atoms. The Bertz CT molecular complexity index is 5060. The number of hydrogen-bond acceptors (Lipinski definition) is 26. The van der Waals surface area contributed by atoms with Gasteiger partial charge in [-0.05, 0) is 132 Å². The van der Waals surface area contributed by atoms with E-state index >= 15 is 0 Å². The number of rotatable bonds is 57. The van der Waals surface area contributed by atoms with Crippen molar-refractivity contribution in [2.45, 2.75) is 279 Å². The molecular formula is C94H135N23O26S. The first kappa shape index (κ1) is 117. The number of likely N-dealkylation sites (tertiary alicyclic amines) is 3. The Morgan fingerprint density at radius 1 is 0.389 bits per heavy atom. The van der Waals surface area contributed by atoms with Crippen molar-refractivity contribution in [1.29, 1.82) is 5.41 Å². The number of hydrogen-bond donors (Lipinski definition) is 25. The number of nitrogens with two attached hydrogens (primary N) is 3. The van der Waals surface area contributed by atoms with Crippen LogP contribution in [0.25, 0.3) is 0 Å². The molecule has 4 heterocycles. The average Bonchev–Trinajstić information content (AvgIpc) is 1.67. The number of guanidine groups is 1. The fourth-order valence-electron chi connectivity index (χ4n) is 16.9. The van der Waals surface area contributed by atoms with E-state index in [1.54, 1.807) is 94.4 Å². The molecule has 0 aromatic heterocycles. The van der Waals surface area contributed by atoms with Crippen molar-refractivity contribution in [2.75, 3.05) is 45.1 Å². The predicted octanol–water partition coefficient (Wildman–Crippen LogP) is -6.28. The van der Waals surface area contributed by atoms with Crippen LogP contribution in [0.15, 0.2) is 91.0 Å². The summed E-state index contributed by atoms with van der Waals surface area (Å²) in [5.74, 6) is -25.4. The molecular weight excluding hydrogens is 1900 g/mol. The third kappa shape index (κ3) is 37.1.